The van der Waals surface area contributed by atoms with Crippen LogP contribution >= 0.6 is 0 Å². The average Bonchev–Trinajstić information content (AvgIpc) is 4.16. The zero-order valence-electron chi connectivity index (χ0n) is 37.8. The van der Waals surface area contributed by atoms with E-state index in [1.807, 2.05) is 0 Å². The van der Waals surface area contributed by atoms with Crippen molar-refractivity contribution in [3.63, 3.8) is 0 Å². The molecular weight excluding hydrogens is 853 g/mol. The highest BCUT2D eigenvalue weighted by atomic mass is 15.2. The second kappa shape index (κ2) is 15.0. The lowest BCUT2D eigenvalue weighted by molar-refractivity contribution is 0.951. The number of fused-ring (bicyclic) bond motifs is 12. The highest BCUT2D eigenvalue weighted by Crippen LogP contribution is 2.44. The molecule has 5 aromatic heterocycles. The molecule has 10 aromatic carbocycles. The number of para-hydroxylation sites is 8. The molecule has 0 saturated heterocycles. The Balaban J connectivity index is 1.10. The molecule has 0 N–H and O–H groups in total. The molecule has 0 radical (unpaired) electrons. The summed E-state index contributed by atoms with van der Waals surface area (Å²) in [6.45, 7) is 0. The van der Waals surface area contributed by atoms with Crippen molar-refractivity contribution in [3.8, 4) is 45.5 Å². The van der Waals surface area contributed by atoms with E-state index in [4.69, 9.17) is 9.97 Å². The first kappa shape index (κ1) is 38.6. The molecule has 15 rings (SSSR count). The standard InChI is InChI=1S/C64H40N6/c1-2-19-42(20-3-1)67-53-29-11-4-27-50(53)51-38-37-41(39-61(51)67)43-28-18-36-60(68-54-30-12-5-21-44(54)45-22-6-13-31-55(45)68)63(43)52-40-62(69-56-32-14-7-23-46(56)47-24-8-15-33-57(47)69)66-64(65-52)70-58-34-16-9-25-48(58)49-26-10-17-35-59(49)70/h1-40H. The number of aromatic nitrogens is 6. The van der Waals surface area contributed by atoms with Gasteiger partial charge in [0, 0.05) is 60.4 Å². The van der Waals surface area contributed by atoms with Gasteiger partial charge in [0.05, 0.1) is 55.5 Å². The molecule has 0 spiro atoms. The molecule has 0 amide bonds. The Morgan fingerprint density at radius 3 is 1.19 bits per heavy atom. The molecule has 0 bridgehead atoms. The third-order valence-electron chi connectivity index (χ3n) is 14.4. The van der Waals surface area contributed by atoms with Gasteiger partial charge in [0.2, 0.25) is 5.95 Å². The molecule has 326 valence electrons. The van der Waals surface area contributed by atoms with Crippen LogP contribution in [0.4, 0.5) is 0 Å². The third-order valence-corrected chi connectivity index (χ3v) is 14.4. The highest BCUT2D eigenvalue weighted by Gasteiger charge is 2.25. The van der Waals surface area contributed by atoms with Crippen LogP contribution < -0.4 is 0 Å². The van der Waals surface area contributed by atoms with E-state index in [1.54, 1.807) is 0 Å². The Bertz CT molecular complexity index is 4310. The minimum Gasteiger partial charge on any atom is -0.309 e. The lowest BCUT2D eigenvalue weighted by atomic mass is 9.94. The molecule has 6 nitrogen and oxygen atoms in total. The molecule has 70 heavy (non-hydrogen) atoms. The lowest BCUT2D eigenvalue weighted by Gasteiger charge is -2.20. The van der Waals surface area contributed by atoms with E-state index in [9.17, 15) is 0 Å². The van der Waals surface area contributed by atoms with Crippen LogP contribution in [0.15, 0.2) is 243 Å². The first-order valence-electron chi connectivity index (χ1n) is 23.8. The number of nitrogens with zero attached hydrogens (tertiary/aromatic N) is 6. The van der Waals surface area contributed by atoms with E-state index in [2.05, 4.69) is 261 Å². The molecule has 0 aliphatic carbocycles. The zero-order valence-corrected chi connectivity index (χ0v) is 37.8. The molecule has 6 heteroatoms. The van der Waals surface area contributed by atoms with Gasteiger partial charge < -0.3 is 9.13 Å². The summed E-state index contributed by atoms with van der Waals surface area (Å²) in [4.78, 5) is 11.5. The second-order valence-electron chi connectivity index (χ2n) is 18.1. The second-order valence-corrected chi connectivity index (χ2v) is 18.1. The summed E-state index contributed by atoms with van der Waals surface area (Å²) in [7, 11) is 0. The Kier molecular flexibility index (Phi) is 8.26. The summed E-state index contributed by atoms with van der Waals surface area (Å²) in [6, 6.07) is 87.4. The maximum absolute atomic E-state index is 5.82. The molecule has 0 unspecified atom stereocenters. The van der Waals surface area contributed by atoms with Gasteiger partial charge in [0.15, 0.2) is 0 Å². The van der Waals surface area contributed by atoms with Crippen LogP contribution in [0.1, 0.15) is 0 Å². The predicted octanol–water partition coefficient (Wildman–Crippen LogP) is 16.2. The van der Waals surface area contributed by atoms with Gasteiger partial charge in [-0.25, -0.2) is 4.98 Å². The van der Waals surface area contributed by atoms with Crippen LogP contribution in [-0.4, -0.2) is 28.2 Å². The van der Waals surface area contributed by atoms with Crippen molar-refractivity contribution in [2.24, 2.45) is 0 Å². The van der Waals surface area contributed by atoms with Gasteiger partial charge >= 0.3 is 0 Å². The van der Waals surface area contributed by atoms with Crippen molar-refractivity contribution in [1.29, 1.82) is 0 Å². The summed E-state index contributed by atoms with van der Waals surface area (Å²) in [6.07, 6.45) is 0. The fourth-order valence-electron chi connectivity index (χ4n) is 11.5. The maximum atomic E-state index is 5.82. The molecule has 15 aromatic rings. The average molecular weight is 893 g/mol. The third kappa shape index (κ3) is 5.56. The van der Waals surface area contributed by atoms with Crippen LogP contribution in [0, 0.1) is 0 Å². The van der Waals surface area contributed by atoms with Crippen molar-refractivity contribution in [3.05, 3.63) is 243 Å². The van der Waals surface area contributed by atoms with Crippen LogP contribution in [0.25, 0.3) is 133 Å². The topological polar surface area (TPSA) is 45.5 Å². The molecular formula is C64H40N6. The van der Waals surface area contributed by atoms with Gasteiger partial charge in [0.1, 0.15) is 5.82 Å². The Morgan fingerprint density at radius 2 is 0.686 bits per heavy atom. The smallest absolute Gasteiger partial charge is 0.237 e. The van der Waals surface area contributed by atoms with E-state index >= 15 is 0 Å². The van der Waals surface area contributed by atoms with Crippen molar-refractivity contribution >= 4 is 87.2 Å². The Labute approximate surface area is 401 Å². The highest BCUT2D eigenvalue weighted by molar-refractivity contribution is 6.13. The maximum Gasteiger partial charge on any atom is 0.237 e. The lowest BCUT2D eigenvalue weighted by Crippen LogP contribution is -2.09. The number of rotatable bonds is 6. The van der Waals surface area contributed by atoms with Crippen molar-refractivity contribution in [2.45, 2.75) is 0 Å². The van der Waals surface area contributed by atoms with Crippen LogP contribution in [0.2, 0.25) is 0 Å². The van der Waals surface area contributed by atoms with Crippen LogP contribution in [0.5, 0.6) is 0 Å². The molecule has 0 aliphatic heterocycles. The van der Waals surface area contributed by atoms with Gasteiger partial charge in [-0.3, -0.25) is 9.13 Å². The van der Waals surface area contributed by atoms with Gasteiger partial charge in [0.25, 0.3) is 0 Å². The molecule has 0 fully saturated rings. The zero-order chi connectivity index (χ0) is 45.9. The van der Waals surface area contributed by atoms with Crippen molar-refractivity contribution in [1.82, 2.24) is 28.2 Å². The van der Waals surface area contributed by atoms with Crippen LogP contribution in [0.3, 0.4) is 0 Å². The molecule has 5 heterocycles. The number of hydrogen-bond acceptors (Lipinski definition) is 2. The van der Waals surface area contributed by atoms with Gasteiger partial charge in [-0.1, -0.05) is 170 Å². The quantitative estimate of drug-likeness (QED) is 0.167. The van der Waals surface area contributed by atoms with Gasteiger partial charge in [-0.2, -0.15) is 4.98 Å². The minimum atomic E-state index is 0.592. The SMILES string of the molecule is c1ccc(-n2c3ccccc3c3ccc(-c4cccc(-n5c6ccccc6c6ccccc65)c4-c4cc(-n5c6ccccc6c6ccccc65)nc(-n5c6ccccc6c6ccccc65)n4)cc32)cc1. The predicted molar refractivity (Wildman–Crippen MR) is 290 cm³/mol. The summed E-state index contributed by atoms with van der Waals surface area (Å²) in [5.41, 5.74) is 14.9. The van der Waals surface area contributed by atoms with E-state index in [0.717, 1.165) is 89.0 Å². The van der Waals surface area contributed by atoms with E-state index in [-0.39, 0.29) is 0 Å². The monoisotopic (exact) mass is 892 g/mol. The fraction of sp³-hybridized carbons (Fsp3) is 0. The summed E-state index contributed by atoms with van der Waals surface area (Å²) >= 11 is 0. The Morgan fingerprint density at radius 1 is 0.271 bits per heavy atom. The molecule has 0 saturated carbocycles. The van der Waals surface area contributed by atoms with E-state index < -0.39 is 0 Å². The summed E-state index contributed by atoms with van der Waals surface area (Å²) in [5.74, 6) is 1.37. The van der Waals surface area contributed by atoms with Crippen LogP contribution in [-0.2, 0) is 0 Å². The minimum absolute atomic E-state index is 0.592. The molecule has 0 atom stereocenters. The van der Waals surface area contributed by atoms with Gasteiger partial charge in [-0.05, 0) is 77.9 Å². The Hall–Kier alpha value is -9.52. The van der Waals surface area contributed by atoms with Crippen molar-refractivity contribution < 1.29 is 0 Å². The first-order chi connectivity index (χ1) is 34.8. The summed E-state index contributed by atoms with van der Waals surface area (Å²) < 4.78 is 9.40. The van der Waals surface area contributed by atoms with E-state index in [0.29, 0.717) is 5.95 Å². The number of hydrogen-bond donors (Lipinski definition) is 0. The number of benzene rings is 10. The fourth-order valence-corrected chi connectivity index (χ4v) is 11.5. The van der Waals surface area contributed by atoms with Crippen molar-refractivity contribution in [2.75, 3.05) is 0 Å². The molecule has 0 aliphatic rings. The van der Waals surface area contributed by atoms with E-state index in [1.165, 1.54) is 37.8 Å². The summed E-state index contributed by atoms with van der Waals surface area (Å²) in [5, 5.41) is 9.46. The van der Waals surface area contributed by atoms with Gasteiger partial charge in [-0.15, -0.1) is 0 Å². The largest absolute Gasteiger partial charge is 0.309 e. The normalized spacial score (nSPS) is 12.0. The first-order valence-corrected chi connectivity index (χ1v) is 23.8.